The number of rotatable bonds is 5. The number of nitrogens with two attached hydrogens (primary N) is 1. The van der Waals surface area contributed by atoms with Crippen molar-refractivity contribution in [3.8, 4) is 5.75 Å². The molecule has 0 unspecified atom stereocenters. The van der Waals surface area contributed by atoms with Gasteiger partial charge in [0.25, 0.3) is 5.91 Å². The van der Waals surface area contributed by atoms with Crippen LogP contribution in [0.15, 0.2) is 58.2 Å². The zero-order chi connectivity index (χ0) is 18.5. The van der Waals surface area contributed by atoms with Gasteiger partial charge in [-0.15, -0.1) is 0 Å². The maximum atomic E-state index is 12.4. The molecule has 8 nitrogen and oxygen atoms in total. The van der Waals surface area contributed by atoms with E-state index in [-0.39, 0.29) is 17.3 Å². The maximum absolute atomic E-state index is 12.4. The molecule has 0 atom stereocenters. The summed E-state index contributed by atoms with van der Waals surface area (Å²) < 4.78 is 9.79. The van der Waals surface area contributed by atoms with Gasteiger partial charge in [-0.2, -0.15) is 0 Å². The molecule has 0 aliphatic heterocycles. The molecule has 0 aliphatic carbocycles. The molecule has 0 spiro atoms. The first-order chi connectivity index (χ1) is 12.6. The molecular weight excluding hydrogens is 358 g/mol. The lowest BCUT2D eigenvalue weighted by molar-refractivity contribution is 0.102. The van der Waals surface area contributed by atoms with Crippen molar-refractivity contribution in [1.82, 2.24) is 10.3 Å². The second-order valence-electron chi connectivity index (χ2n) is 5.12. The number of aromatic nitrogens is 2. The summed E-state index contributed by atoms with van der Waals surface area (Å²) in [7, 11) is 1.52. The van der Waals surface area contributed by atoms with E-state index in [1.54, 1.807) is 48.5 Å². The fourth-order valence-corrected chi connectivity index (χ4v) is 2.30. The Labute approximate surface area is 153 Å². The van der Waals surface area contributed by atoms with Crippen LogP contribution in [0.25, 0.3) is 0 Å². The molecule has 132 valence electrons. The number of halogens is 1. The largest absolute Gasteiger partial charge is 0.497 e. The van der Waals surface area contributed by atoms with Gasteiger partial charge >= 0.3 is 0 Å². The Morgan fingerprint density at radius 1 is 1.23 bits per heavy atom. The van der Waals surface area contributed by atoms with Crippen molar-refractivity contribution in [3.05, 3.63) is 64.8 Å². The van der Waals surface area contributed by atoms with Crippen molar-refractivity contribution in [2.75, 3.05) is 12.4 Å². The summed E-state index contributed by atoms with van der Waals surface area (Å²) in [6.45, 7) is 0. The predicted octanol–water partition coefficient (Wildman–Crippen LogP) is 3.02. The number of benzene rings is 2. The summed E-state index contributed by atoms with van der Waals surface area (Å²) in [5, 5.41) is 10.5. The van der Waals surface area contributed by atoms with E-state index < -0.39 is 5.91 Å². The van der Waals surface area contributed by atoms with Crippen LogP contribution < -0.4 is 15.8 Å². The van der Waals surface area contributed by atoms with Crippen LogP contribution in [0.4, 0.5) is 11.5 Å². The lowest BCUT2D eigenvalue weighted by atomic mass is 10.2. The molecule has 0 saturated heterocycles. The lowest BCUT2D eigenvalue weighted by Gasteiger charge is -2.05. The summed E-state index contributed by atoms with van der Waals surface area (Å²) in [6, 6.07) is 13.5. The average Bonchev–Trinajstić information content (AvgIpc) is 3.10. The molecule has 1 aromatic heterocycles. The van der Waals surface area contributed by atoms with Gasteiger partial charge < -0.3 is 15.8 Å². The third-order valence-electron chi connectivity index (χ3n) is 3.35. The minimum atomic E-state index is -0.420. The topological polar surface area (TPSA) is 116 Å². The van der Waals surface area contributed by atoms with Crippen LogP contribution in [0, 0.1) is 0 Å². The van der Waals surface area contributed by atoms with Crippen LogP contribution in [0.2, 0.25) is 5.02 Å². The van der Waals surface area contributed by atoms with E-state index in [1.165, 1.54) is 7.11 Å². The second-order valence-corrected chi connectivity index (χ2v) is 5.56. The van der Waals surface area contributed by atoms with Gasteiger partial charge in [0.05, 0.1) is 12.8 Å². The molecule has 26 heavy (non-hydrogen) atoms. The van der Waals surface area contributed by atoms with Gasteiger partial charge in [0.15, 0.2) is 11.5 Å². The van der Waals surface area contributed by atoms with E-state index in [0.717, 1.165) is 0 Å². The molecule has 1 amide bonds. The Kier molecular flexibility index (Phi) is 5.14. The Bertz CT molecular complexity index is 970. The van der Waals surface area contributed by atoms with Crippen molar-refractivity contribution in [3.63, 3.8) is 0 Å². The molecule has 9 heteroatoms. The second kappa shape index (κ2) is 7.66. The number of amides is 1. The third-order valence-corrected chi connectivity index (χ3v) is 3.59. The predicted molar refractivity (Wildman–Crippen MR) is 97.1 cm³/mol. The summed E-state index contributed by atoms with van der Waals surface area (Å²) >= 11 is 5.92. The van der Waals surface area contributed by atoms with E-state index in [2.05, 4.69) is 25.3 Å². The van der Waals surface area contributed by atoms with Crippen molar-refractivity contribution in [2.24, 2.45) is 10.7 Å². The number of amidine groups is 1. The lowest BCUT2D eigenvalue weighted by Crippen LogP contribution is -2.19. The van der Waals surface area contributed by atoms with E-state index in [4.69, 9.17) is 22.1 Å². The minimum Gasteiger partial charge on any atom is -0.497 e. The SMILES string of the molecule is COc1cccc(C(=O)Nc2nonc2C(N)=Nc2cccc(Cl)c2)c1. The molecule has 0 fully saturated rings. The maximum Gasteiger partial charge on any atom is 0.257 e. The first-order valence-electron chi connectivity index (χ1n) is 7.45. The fourth-order valence-electron chi connectivity index (χ4n) is 2.12. The quantitative estimate of drug-likeness (QED) is 0.526. The monoisotopic (exact) mass is 371 g/mol. The van der Waals surface area contributed by atoms with Gasteiger partial charge in [-0.25, -0.2) is 9.62 Å². The Balaban J connectivity index is 1.83. The van der Waals surface area contributed by atoms with Gasteiger partial charge in [0.2, 0.25) is 5.82 Å². The fraction of sp³-hybridized carbons (Fsp3) is 0.0588. The van der Waals surface area contributed by atoms with E-state index in [1.807, 2.05) is 0 Å². The summed E-state index contributed by atoms with van der Waals surface area (Å²) in [5.74, 6) is 0.213. The van der Waals surface area contributed by atoms with E-state index >= 15 is 0 Å². The van der Waals surface area contributed by atoms with Gasteiger partial charge in [0.1, 0.15) is 5.75 Å². The van der Waals surface area contributed by atoms with Gasteiger partial charge in [-0.1, -0.05) is 23.7 Å². The van der Waals surface area contributed by atoms with Gasteiger partial charge in [-0.05, 0) is 46.7 Å². The number of anilines is 1. The molecule has 3 N–H and O–H groups in total. The van der Waals surface area contributed by atoms with Crippen LogP contribution in [0.5, 0.6) is 5.75 Å². The van der Waals surface area contributed by atoms with Crippen LogP contribution >= 0.6 is 11.6 Å². The highest BCUT2D eigenvalue weighted by atomic mass is 35.5. The molecule has 0 radical (unpaired) electrons. The molecule has 0 saturated carbocycles. The van der Waals surface area contributed by atoms with E-state index in [0.29, 0.717) is 22.0 Å². The van der Waals surface area contributed by atoms with Crippen molar-refractivity contribution in [1.29, 1.82) is 0 Å². The summed E-state index contributed by atoms with van der Waals surface area (Å²) in [5.41, 5.74) is 6.98. The highest BCUT2D eigenvalue weighted by molar-refractivity contribution is 6.30. The van der Waals surface area contributed by atoms with Crippen molar-refractivity contribution in [2.45, 2.75) is 0 Å². The van der Waals surface area contributed by atoms with Crippen molar-refractivity contribution >= 4 is 34.8 Å². The minimum absolute atomic E-state index is 0.0226. The number of nitrogens with one attached hydrogen (secondary N) is 1. The Hall–Kier alpha value is -3.39. The Morgan fingerprint density at radius 3 is 2.81 bits per heavy atom. The molecule has 3 aromatic rings. The van der Waals surface area contributed by atoms with Gasteiger partial charge in [0, 0.05) is 10.6 Å². The highest BCUT2D eigenvalue weighted by Gasteiger charge is 2.18. The number of carbonyl (C=O) groups is 1. The molecular formula is C17H14ClN5O3. The molecule has 2 aromatic carbocycles. The highest BCUT2D eigenvalue weighted by Crippen LogP contribution is 2.20. The molecule has 3 rings (SSSR count). The van der Waals surface area contributed by atoms with Crippen LogP contribution in [0.1, 0.15) is 16.1 Å². The molecule has 0 bridgehead atoms. The normalized spacial score (nSPS) is 11.2. The third kappa shape index (κ3) is 3.98. The smallest absolute Gasteiger partial charge is 0.257 e. The number of nitrogens with zero attached hydrogens (tertiary/aromatic N) is 3. The number of hydrogen-bond donors (Lipinski definition) is 2. The summed E-state index contributed by atoms with van der Waals surface area (Å²) in [4.78, 5) is 16.6. The van der Waals surface area contributed by atoms with Crippen molar-refractivity contribution < 1.29 is 14.2 Å². The zero-order valence-electron chi connectivity index (χ0n) is 13.6. The summed E-state index contributed by atoms with van der Waals surface area (Å²) in [6.07, 6.45) is 0. The zero-order valence-corrected chi connectivity index (χ0v) is 14.4. The number of ether oxygens (including phenoxy) is 1. The van der Waals surface area contributed by atoms with Crippen LogP contribution in [-0.2, 0) is 0 Å². The molecule has 1 heterocycles. The average molecular weight is 372 g/mol. The Morgan fingerprint density at radius 2 is 2.04 bits per heavy atom. The first-order valence-corrected chi connectivity index (χ1v) is 7.82. The van der Waals surface area contributed by atoms with Gasteiger partial charge in [-0.3, -0.25) is 4.79 Å². The number of aliphatic imine (C=N–C) groups is 1. The number of methoxy groups -OCH3 is 1. The molecule has 0 aliphatic rings. The first kappa shape index (κ1) is 17.4. The van der Waals surface area contributed by atoms with E-state index in [9.17, 15) is 4.79 Å². The standard InChI is InChI=1S/C17H14ClN5O3/c1-25-13-7-2-4-10(8-13)17(24)21-16-14(22-26-23-16)15(19)20-12-6-3-5-11(18)9-12/h2-9H,1H3,(H2,19,20)(H,21,23,24). The van der Waals surface area contributed by atoms with Crippen LogP contribution in [0.3, 0.4) is 0 Å². The number of hydrogen-bond acceptors (Lipinski definition) is 6. The number of carbonyl (C=O) groups excluding carboxylic acids is 1. The van der Waals surface area contributed by atoms with Crippen LogP contribution in [-0.4, -0.2) is 29.2 Å².